The molecule has 0 radical (unpaired) electrons. The van der Waals surface area contributed by atoms with Crippen LogP contribution in [0.1, 0.15) is 16.9 Å². The van der Waals surface area contributed by atoms with Gasteiger partial charge in [-0.25, -0.2) is 4.98 Å². The second-order valence-electron chi connectivity index (χ2n) is 6.66. The molecule has 3 heterocycles. The van der Waals surface area contributed by atoms with Crippen LogP contribution in [-0.4, -0.2) is 21.2 Å². The number of furan rings is 1. The molecule has 0 aliphatic carbocycles. The zero-order chi connectivity index (χ0) is 20.4. The fourth-order valence-electron chi connectivity index (χ4n) is 2.92. The van der Waals surface area contributed by atoms with E-state index >= 15 is 0 Å². The van der Waals surface area contributed by atoms with Gasteiger partial charge in [0.15, 0.2) is 5.16 Å². The number of benzene rings is 1. The Labute approximate surface area is 175 Å². The highest BCUT2D eigenvalue weighted by atomic mass is 32.2. The molecule has 1 N–H and O–H groups in total. The molecule has 29 heavy (non-hydrogen) atoms. The molecule has 6 nitrogen and oxygen atoms in total. The maximum Gasteiger partial charge on any atom is 0.272 e. The lowest BCUT2D eigenvalue weighted by Gasteiger charge is -2.12. The molecule has 0 saturated heterocycles. The molecule has 1 aromatic carbocycles. The molecule has 3 aromatic heterocycles. The SMILES string of the molecule is Cc1ccc(C)c(NC(=O)CSc2nc3ccsc3c(=O)n2Cc2ccco2)c1. The molecule has 0 saturated carbocycles. The Kier molecular flexibility index (Phi) is 5.55. The van der Waals surface area contributed by atoms with Crippen LogP contribution in [0, 0.1) is 13.8 Å². The van der Waals surface area contributed by atoms with E-state index in [1.807, 2.05) is 49.6 Å². The number of thiophene rings is 1. The van der Waals surface area contributed by atoms with Crippen LogP contribution in [0.4, 0.5) is 5.69 Å². The van der Waals surface area contributed by atoms with E-state index in [2.05, 4.69) is 10.3 Å². The first-order chi connectivity index (χ1) is 14.0. The summed E-state index contributed by atoms with van der Waals surface area (Å²) in [5.74, 6) is 0.660. The molecule has 0 spiro atoms. The van der Waals surface area contributed by atoms with Gasteiger partial charge in [-0.15, -0.1) is 11.3 Å². The predicted octanol–water partition coefficient (Wildman–Crippen LogP) is 4.45. The highest BCUT2D eigenvalue weighted by Gasteiger charge is 2.16. The number of aryl methyl sites for hydroxylation is 2. The van der Waals surface area contributed by atoms with E-state index in [0.717, 1.165) is 16.8 Å². The topological polar surface area (TPSA) is 77.1 Å². The molecule has 0 aliphatic heterocycles. The molecular weight excluding hydrogens is 406 g/mol. The fraction of sp³-hybridized carbons (Fsp3) is 0.190. The fourth-order valence-corrected chi connectivity index (χ4v) is 4.50. The van der Waals surface area contributed by atoms with Gasteiger partial charge in [-0.2, -0.15) is 0 Å². The Balaban J connectivity index is 1.57. The van der Waals surface area contributed by atoms with Crippen molar-refractivity contribution in [2.75, 3.05) is 11.1 Å². The first-order valence-corrected chi connectivity index (χ1v) is 10.9. The van der Waals surface area contributed by atoms with Gasteiger partial charge < -0.3 is 9.73 Å². The monoisotopic (exact) mass is 425 g/mol. The van der Waals surface area contributed by atoms with Crippen molar-refractivity contribution in [3.63, 3.8) is 0 Å². The normalized spacial score (nSPS) is 11.1. The van der Waals surface area contributed by atoms with Crippen LogP contribution in [0.25, 0.3) is 10.2 Å². The van der Waals surface area contributed by atoms with Crippen LogP contribution in [0.15, 0.2) is 62.4 Å². The van der Waals surface area contributed by atoms with E-state index in [1.54, 1.807) is 16.9 Å². The summed E-state index contributed by atoms with van der Waals surface area (Å²) in [5, 5.41) is 5.28. The van der Waals surface area contributed by atoms with E-state index in [0.29, 0.717) is 21.1 Å². The van der Waals surface area contributed by atoms with Crippen LogP contribution < -0.4 is 10.9 Å². The van der Waals surface area contributed by atoms with Crippen molar-refractivity contribution in [3.8, 4) is 0 Å². The van der Waals surface area contributed by atoms with Gasteiger partial charge in [-0.3, -0.25) is 14.2 Å². The summed E-state index contributed by atoms with van der Waals surface area (Å²) in [6.07, 6.45) is 1.57. The maximum absolute atomic E-state index is 12.9. The first kappa shape index (κ1) is 19.5. The molecule has 148 valence electrons. The Morgan fingerprint density at radius 2 is 2.14 bits per heavy atom. The van der Waals surface area contributed by atoms with Crippen LogP contribution in [-0.2, 0) is 11.3 Å². The summed E-state index contributed by atoms with van der Waals surface area (Å²) < 4.78 is 7.56. The molecule has 4 aromatic rings. The van der Waals surface area contributed by atoms with Crippen molar-refractivity contribution in [1.82, 2.24) is 9.55 Å². The lowest BCUT2D eigenvalue weighted by Crippen LogP contribution is -2.24. The zero-order valence-corrected chi connectivity index (χ0v) is 17.6. The smallest absolute Gasteiger partial charge is 0.272 e. The van der Waals surface area contributed by atoms with Gasteiger partial charge in [0.2, 0.25) is 5.91 Å². The molecule has 1 amide bonds. The van der Waals surface area contributed by atoms with E-state index in [9.17, 15) is 9.59 Å². The summed E-state index contributed by atoms with van der Waals surface area (Å²) >= 11 is 2.61. The number of aromatic nitrogens is 2. The number of thioether (sulfide) groups is 1. The number of carbonyl (C=O) groups is 1. The molecule has 4 rings (SSSR count). The highest BCUT2D eigenvalue weighted by molar-refractivity contribution is 7.99. The van der Waals surface area contributed by atoms with Gasteiger partial charge in [-0.1, -0.05) is 23.9 Å². The number of rotatable bonds is 6. The van der Waals surface area contributed by atoms with E-state index in [4.69, 9.17) is 4.42 Å². The van der Waals surface area contributed by atoms with Crippen molar-refractivity contribution in [2.24, 2.45) is 0 Å². The van der Waals surface area contributed by atoms with Gasteiger partial charge in [0.05, 0.1) is 24.1 Å². The number of fused-ring (bicyclic) bond motifs is 1. The average molecular weight is 426 g/mol. The number of nitrogens with zero attached hydrogens (tertiary/aromatic N) is 2. The number of amides is 1. The standard InChI is InChI=1S/C21H19N3O3S2/c1-13-5-6-14(2)17(10-13)22-18(25)12-29-21-23-16-7-9-28-19(16)20(26)24(21)11-15-4-3-8-27-15/h3-10H,11-12H2,1-2H3,(H,22,25). The number of hydrogen-bond donors (Lipinski definition) is 1. The lowest BCUT2D eigenvalue weighted by atomic mass is 10.1. The largest absolute Gasteiger partial charge is 0.467 e. The summed E-state index contributed by atoms with van der Waals surface area (Å²) in [4.78, 5) is 30.0. The van der Waals surface area contributed by atoms with E-state index < -0.39 is 0 Å². The third-order valence-corrected chi connectivity index (χ3v) is 6.29. The molecule has 0 fully saturated rings. The zero-order valence-electron chi connectivity index (χ0n) is 16.0. The number of nitrogens with one attached hydrogen (secondary N) is 1. The van der Waals surface area contributed by atoms with Gasteiger partial charge in [0, 0.05) is 5.69 Å². The van der Waals surface area contributed by atoms with Gasteiger partial charge in [0.25, 0.3) is 5.56 Å². The van der Waals surface area contributed by atoms with E-state index in [1.165, 1.54) is 23.1 Å². The van der Waals surface area contributed by atoms with Crippen molar-refractivity contribution in [3.05, 3.63) is 75.3 Å². The van der Waals surface area contributed by atoms with Crippen molar-refractivity contribution in [1.29, 1.82) is 0 Å². The Hall–Kier alpha value is -2.84. The summed E-state index contributed by atoms with van der Waals surface area (Å²) in [5.41, 5.74) is 3.40. The van der Waals surface area contributed by atoms with E-state index in [-0.39, 0.29) is 23.8 Å². The molecule has 0 atom stereocenters. The quantitative estimate of drug-likeness (QED) is 0.365. The van der Waals surface area contributed by atoms with Crippen LogP contribution >= 0.6 is 23.1 Å². The summed E-state index contributed by atoms with van der Waals surface area (Å²) in [6, 6.07) is 11.3. The Bertz CT molecular complexity index is 1230. The Morgan fingerprint density at radius 1 is 1.28 bits per heavy atom. The van der Waals surface area contributed by atoms with Gasteiger partial charge >= 0.3 is 0 Å². The summed E-state index contributed by atoms with van der Waals surface area (Å²) in [7, 11) is 0. The number of carbonyl (C=O) groups excluding carboxylic acids is 1. The summed E-state index contributed by atoms with van der Waals surface area (Å²) in [6.45, 7) is 4.21. The third-order valence-electron chi connectivity index (χ3n) is 4.42. The molecule has 0 unspecified atom stereocenters. The lowest BCUT2D eigenvalue weighted by molar-refractivity contribution is -0.113. The molecule has 0 aliphatic rings. The number of hydrogen-bond acceptors (Lipinski definition) is 6. The van der Waals surface area contributed by atoms with Crippen LogP contribution in [0.2, 0.25) is 0 Å². The molecule has 0 bridgehead atoms. The first-order valence-electron chi connectivity index (χ1n) is 9.01. The highest BCUT2D eigenvalue weighted by Crippen LogP contribution is 2.23. The van der Waals surface area contributed by atoms with Crippen molar-refractivity contribution >= 4 is 44.9 Å². The minimum atomic E-state index is -0.145. The number of anilines is 1. The van der Waals surface area contributed by atoms with Gasteiger partial charge in [0.1, 0.15) is 10.5 Å². The van der Waals surface area contributed by atoms with Crippen LogP contribution in [0.5, 0.6) is 0 Å². The second-order valence-corrected chi connectivity index (χ2v) is 8.51. The van der Waals surface area contributed by atoms with Gasteiger partial charge in [-0.05, 0) is 54.6 Å². The van der Waals surface area contributed by atoms with Crippen molar-refractivity contribution < 1.29 is 9.21 Å². The van der Waals surface area contributed by atoms with Crippen LogP contribution in [0.3, 0.4) is 0 Å². The predicted molar refractivity (Wildman–Crippen MR) is 117 cm³/mol. The maximum atomic E-state index is 12.9. The minimum Gasteiger partial charge on any atom is -0.467 e. The third kappa shape index (κ3) is 4.28. The second kappa shape index (κ2) is 8.26. The van der Waals surface area contributed by atoms with Crippen molar-refractivity contribution in [2.45, 2.75) is 25.5 Å². The Morgan fingerprint density at radius 3 is 2.93 bits per heavy atom. The molecule has 8 heteroatoms. The molecular formula is C21H19N3O3S2. The minimum absolute atomic E-state index is 0.126. The average Bonchev–Trinajstić information content (AvgIpc) is 3.37.